The molecule has 0 aromatic heterocycles. The van der Waals surface area contributed by atoms with Gasteiger partial charge in [-0.25, -0.2) is 8.42 Å². The van der Waals surface area contributed by atoms with E-state index in [1.165, 1.54) is 32.1 Å². The molecule has 0 unspecified atom stereocenters. The van der Waals surface area contributed by atoms with Crippen LogP contribution >= 0.6 is 0 Å². The minimum Gasteiger partial charge on any atom is -0.381 e. The van der Waals surface area contributed by atoms with Gasteiger partial charge in [0, 0.05) is 26.4 Å². The summed E-state index contributed by atoms with van der Waals surface area (Å²) in [5.74, 6) is 1.68. The van der Waals surface area contributed by atoms with E-state index in [2.05, 4.69) is 76.2 Å². The molecule has 0 aromatic carbocycles. The molecule has 0 spiro atoms. The van der Waals surface area contributed by atoms with Crippen LogP contribution in [0.3, 0.4) is 0 Å². The Hall–Kier alpha value is -0.130. The van der Waals surface area contributed by atoms with E-state index in [-0.39, 0.29) is 0 Å². The first-order valence-corrected chi connectivity index (χ1v) is 15.1. The third-order valence-corrected chi connectivity index (χ3v) is 5.14. The Kier molecular flexibility index (Phi) is 25.3. The van der Waals surface area contributed by atoms with E-state index in [1.807, 2.05) is 0 Å². The topological polar surface area (TPSA) is 52.6 Å². The average Bonchev–Trinajstić information content (AvgIpc) is 3.20. The Bertz CT molecular complexity index is 419. The molecule has 0 N–H and O–H groups in total. The molecule has 4 nitrogen and oxygen atoms in total. The van der Waals surface area contributed by atoms with E-state index in [0.29, 0.717) is 22.3 Å². The first-order valence-electron chi connectivity index (χ1n) is 13.3. The Morgan fingerprint density at radius 2 is 0.727 bits per heavy atom. The molecule has 5 heteroatoms. The van der Waals surface area contributed by atoms with Gasteiger partial charge in [-0.3, -0.25) is 0 Å². The smallest absolute Gasteiger partial charge is 0.150 e. The van der Waals surface area contributed by atoms with Crippen LogP contribution in [0.5, 0.6) is 0 Å². The van der Waals surface area contributed by atoms with E-state index < -0.39 is 9.84 Å². The molecule has 0 aliphatic carbocycles. The minimum absolute atomic E-state index is 0.424. The SMILES string of the molecule is C1CCOC1.C1CCOCC1.CC(C)(C)C.CC(C)(C)C.CC(C)C.O=S1(=O)CCCCC1. The molecule has 3 rings (SSSR count). The molecular formula is C28H62O4S. The molecule has 0 bridgehead atoms. The molecule has 0 amide bonds. The van der Waals surface area contributed by atoms with Crippen LogP contribution in [0.1, 0.15) is 128 Å². The monoisotopic (exact) mass is 494 g/mol. The van der Waals surface area contributed by atoms with Gasteiger partial charge in [-0.2, -0.15) is 0 Å². The summed E-state index contributed by atoms with van der Waals surface area (Å²) in [7, 11) is -2.58. The highest BCUT2D eigenvalue weighted by Gasteiger charge is 2.14. The number of hydrogen-bond donors (Lipinski definition) is 0. The molecule has 204 valence electrons. The van der Waals surface area contributed by atoms with Crippen molar-refractivity contribution in [1.29, 1.82) is 0 Å². The fourth-order valence-corrected chi connectivity index (χ4v) is 3.61. The second kappa shape index (κ2) is 22.3. The van der Waals surface area contributed by atoms with Crippen LogP contribution in [0.4, 0.5) is 0 Å². The lowest BCUT2D eigenvalue weighted by atomic mass is 10.0. The summed E-state index contributed by atoms with van der Waals surface area (Å²) < 4.78 is 31.3. The average molecular weight is 495 g/mol. The third-order valence-electron chi connectivity index (χ3n) is 3.32. The second-order valence-electron chi connectivity index (χ2n) is 12.9. The van der Waals surface area contributed by atoms with Crippen molar-refractivity contribution in [3.05, 3.63) is 0 Å². The van der Waals surface area contributed by atoms with Crippen LogP contribution in [0.15, 0.2) is 0 Å². The van der Waals surface area contributed by atoms with Crippen molar-refractivity contribution in [3.8, 4) is 0 Å². The van der Waals surface area contributed by atoms with Crippen LogP contribution in [-0.4, -0.2) is 46.4 Å². The van der Waals surface area contributed by atoms with Gasteiger partial charge in [-0.1, -0.05) is 82.6 Å². The van der Waals surface area contributed by atoms with Crippen LogP contribution in [0.2, 0.25) is 0 Å². The van der Waals surface area contributed by atoms with Gasteiger partial charge >= 0.3 is 0 Å². The second-order valence-corrected chi connectivity index (χ2v) is 15.2. The molecule has 0 atom stereocenters. The van der Waals surface area contributed by atoms with Gasteiger partial charge in [0.05, 0.1) is 11.5 Å². The highest BCUT2D eigenvalue weighted by Crippen LogP contribution is 2.10. The van der Waals surface area contributed by atoms with Crippen molar-refractivity contribution in [2.75, 3.05) is 37.9 Å². The van der Waals surface area contributed by atoms with E-state index in [4.69, 9.17) is 9.47 Å². The molecule has 3 aliphatic heterocycles. The van der Waals surface area contributed by atoms with Gasteiger partial charge in [-0.05, 0) is 61.7 Å². The molecule has 0 radical (unpaired) electrons. The summed E-state index contributed by atoms with van der Waals surface area (Å²) in [5.41, 5.74) is 1.00. The van der Waals surface area contributed by atoms with Crippen molar-refractivity contribution in [2.24, 2.45) is 16.7 Å². The van der Waals surface area contributed by atoms with Gasteiger partial charge in [0.15, 0.2) is 0 Å². The molecule has 3 aliphatic rings. The third kappa shape index (κ3) is 65.3. The lowest BCUT2D eigenvalue weighted by Gasteiger charge is -2.08. The lowest BCUT2D eigenvalue weighted by molar-refractivity contribution is 0.0968. The summed E-state index contributed by atoms with van der Waals surface area (Å²) in [6.45, 7) is 28.0. The predicted octanol–water partition coefficient (Wildman–Crippen LogP) is 8.34. The first kappa shape index (κ1) is 37.4. The van der Waals surface area contributed by atoms with Crippen molar-refractivity contribution in [3.63, 3.8) is 0 Å². The number of hydrogen-bond acceptors (Lipinski definition) is 4. The molecule has 0 saturated carbocycles. The molecule has 3 fully saturated rings. The van der Waals surface area contributed by atoms with Gasteiger partial charge in [0.2, 0.25) is 0 Å². The molecule has 3 saturated heterocycles. The van der Waals surface area contributed by atoms with Gasteiger partial charge in [-0.15, -0.1) is 0 Å². The van der Waals surface area contributed by atoms with Gasteiger partial charge in [0.1, 0.15) is 9.84 Å². The maximum Gasteiger partial charge on any atom is 0.150 e. The van der Waals surface area contributed by atoms with Crippen molar-refractivity contribution in [2.45, 2.75) is 128 Å². The van der Waals surface area contributed by atoms with Crippen molar-refractivity contribution >= 4 is 9.84 Å². The first-order chi connectivity index (χ1) is 14.9. The van der Waals surface area contributed by atoms with Crippen LogP contribution < -0.4 is 0 Å². The highest BCUT2D eigenvalue weighted by molar-refractivity contribution is 7.91. The summed E-state index contributed by atoms with van der Waals surface area (Å²) in [4.78, 5) is 0. The quantitative estimate of drug-likeness (QED) is 0.339. The van der Waals surface area contributed by atoms with Gasteiger partial charge < -0.3 is 9.47 Å². The summed E-state index contributed by atoms with van der Waals surface area (Å²) in [6, 6.07) is 0. The molecule has 3 heterocycles. The van der Waals surface area contributed by atoms with Crippen LogP contribution in [-0.2, 0) is 19.3 Å². The van der Waals surface area contributed by atoms with E-state index in [0.717, 1.165) is 51.6 Å². The van der Waals surface area contributed by atoms with Crippen molar-refractivity contribution < 1.29 is 17.9 Å². The Balaban J connectivity index is -0.000000333. The maximum absolute atomic E-state index is 10.7. The minimum atomic E-state index is -2.58. The zero-order valence-electron chi connectivity index (χ0n) is 24.5. The molecule has 33 heavy (non-hydrogen) atoms. The van der Waals surface area contributed by atoms with E-state index >= 15 is 0 Å². The Morgan fingerprint density at radius 3 is 0.848 bits per heavy atom. The largest absolute Gasteiger partial charge is 0.381 e. The van der Waals surface area contributed by atoms with Gasteiger partial charge in [0.25, 0.3) is 0 Å². The lowest BCUT2D eigenvalue weighted by Crippen LogP contribution is -2.15. The standard InChI is InChI=1S/C5H10O2S.C5H10O.2C5H12.C4H8O.C4H10/c6-8(7)4-2-1-3-5-8;1-2-4-6-5-3-1;2*1-5(2,3)4;1-2-4-5-3-1;1-4(2)3/h1-5H2;1-5H2;2*1-4H3;1-4H2;4H,1-3H3. The fourth-order valence-electron chi connectivity index (χ4n) is 2.12. The normalized spacial score (nSPS) is 19.4. The summed E-state index contributed by atoms with van der Waals surface area (Å²) in [5, 5.41) is 0. The van der Waals surface area contributed by atoms with Crippen LogP contribution in [0.25, 0.3) is 0 Å². The Morgan fingerprint density at radius 1 is 0.515 bits per heavy atom. The van der Waals surface area contributed by atoms with Crippen LogP contribution in [0, 0.1) is 16.7 Å². The zero-order valence-corrected chi connectivity index (χ0v) is 25.3. The summed E-state index contributed by atoms with van der Waals surface area (Å²) in [6.07, 6.45) is 9.34. The Labute approximate surface area is 209 Å². The zero-order chi connectivity index (χ0) is 26.4. The maximum atomic E-state index is 10.7. The fraction of sp³-hybridized carbons (Fsp3) is 1.00. The molecule has 0 aromatic rings. The number of sulfone groups is 1. The van der Waals surface area contributed by atoms with E-state index in [1.54, 1.807) is 0 Å². The number of ether oxygens (including phenoxy) is 2. The summed E-state index contributed by atoms with van der Waals surface area (Å²) >= 11 is 0. The molecular weight excluding hydrogens is 432 g/mol. The predicted molar refractivity (Wildman–Crippen MR) is 148 cm³/mol. The van der Waals surface area contributed by atoms with E-state index in [9.17, 15) is 8.42 Å². The highest BCUT2D eigenvalue weighted by atomic mass is 32.2. The number of rotatable bonds is 0. The van der Waals surface area contributed by atoms with Crippen molar-refractivity contribution in [1.82, 2.24) is 0 Å².